The minimum Gasteiger partial charge on any atom is -0.375 e. The lowest BCUT2D eigenvalue weighted by Crippen LogP contribution is -2.47. The fourth-order valence-electron chi connectivity index (χ4n) is 3.20. The molecule has 17 heavy (non-hydrogen) atoms. The van der Waals surface area contributed by atoms with Crippen molar-refractivity contribution in [1.82, 2.24) is 14.1 Å². The predicted octanol–water partition coefficient (Wildman–Crippen LogP) is 2.15. The molecule has 1 aliphatic heterocycles. The number of hydrogen-bond donors (Lipinski definition) is 1. The van der Waals surface area contributed by atoms with Gasteiger partial charge in [-0.1, -0.05) is 0 Å². The van der Waals surface area contributed by atoms with Crippen molar-refractivity contribution in [1.29, 1.82) is 0 Å². The Morgan fingerprint density at radius 2 is 2.47 bits per heavy atom. The molecule has 5 heteroatoms. The van der Waals surface area contributed by atoms with Crippen molar-refractivity contribution in [3.63, 3.8) is 0 Å². The quantitative estimate of drug-likeness (QED) is 0.896. The molecule has 1 N–H and O–H groups in total. The van der Waals surface area contributed by atoms with Crippen molar-refractivity contribution in [2.45, 2.75) is 43.7 Å². The average Bonchev–Trinajstić information content (AvgIpc) is 2.82. The summed E-state index contributed by atoms with van der Waals surface area (Å²) in [5.74, 6) is 0.637. The average molecular weight is 253 g/mol. The zero-order chi connectivity index (χ0) is 11.7. The summed E-state index contributed by atoms with van der Waals surface area (Å²) >= 11 is 1.30. The Morgan fingerprint density at radius 1 is 1.59 bits per heavy atom. The second kappa shape index (κ2) is 4.63. The van der Waals surface area contributed by atoms with E-state index in [-0.39, 0.29) is 5.60 Å². The largest absolute Gasteiger partial charge is 0.375 e. The molecular weight excluding hydrogens is 234 g/mol. The van der Waals surface area contributed by atoms with Gasteiger partial charge >= 0.3 is 0 Å². The lowest BCUT2D eigenvalue weighted by Gasteiger charge is -2.48. The van der Waals surface area contributed by atoms with Gasteiger partial charge in [0.1, 0.15) is 0 Å². The Kier molecular flexibility index (Phi) is 3.15. The Balaban J connectivity index is 1.73. The molecule has 0 bridgehead atoms. The standard InChI is InChI=1S/C12H19N3OS/c1-13-11(10-8-14-17-15-10)9-3-6-16-12(7-9)4-2-5-12/h8-9,11,13H,2-7H2,1H3. The molecule has 2 heterocycles. The molecule has 2 unspecified atom stereocenters. The van der Waals surface area contributed by atoms with Crippen molar-refractivity contribution in [2.75, 3.05) is 13.7 Å². The Morgan fingerprint density at radius 3 is 3.06 bits per heavy atom. The van der Waals surface area contributed by atoms with Crippen LogP contribution in [0.15, 0.2) is 6.20 Å². The first-order chi connectivity index (χ1) is 8.33. The lowest BCUT2D eigenvalue weighted by atomic mass is 9.70. The Bertz CT molecular complexity index is 364. The van der Waals surface area contributed by atoms with Crippen molar-refractivity contribution < 1.29 is 4.74 Å². The zero-order valence-corrected chi connectivity index (χ0v) is 11.0. The number of nitrogens with zero attached hydrogens (tertiary/aromatic N) is 2. The lowest BCUT2D eigenvalue weighted by molar-refractivity contribution is -0.147. The van der Waals surface area contributed by atoms with Crippen LogP contribution < -0.4 is 5.32 Å². The van der Waals surface area contributed by atoms with Gasteiger partial charge in [0.25, 0.3) is 0 Å². The molecule has 2 atom stereocenters. The van der Waals surface area contributed by atoms with Gasteiger partial charge in [-0.3, -0.25) is 0 Å². The summed E-state index contributed by atoms with van der Waals surface area (Å²) in [7, 11) is 2.02. The highest BCUT2D eigenvalue weighted by Crippen LogP contribution is 2.46. The van der Waals surface area contributed by atoms with Gasteiger partial charge in [-0.25, -0.2) is 0 Å². The highest BCUT2D eigenvalue weighted by molar-refractivity contribution is 6.99. The van der Waals surface area contributed by atoms with Crippen LogP contribution >= 0.6 is 11.7 Å². The third-order valence-corrected chi connectivity index (χ3v) is 4.77. The second-order valence-electron chi connectivity index (χ2n) is 5.24. The first-order valence-corrected chi connectivity index (χ1v) is 7.15. The van der Waals surface area contributed by atoms with E-state index in [1.807, 2.05) is 13.2 Å². The molecule has 0 aromatic carbocycles. The van der Waals surface area contributed by atoms with Gasteiger partial charge in [-0.15, -0.1) is 0 Å². The molecule has 1 saturated carbocycles. The van der Waals surface area contributed by atoms with E-state index < -0.39 is 0 Å². The first kappa shape index (κ1) is 11.6. The molecule has 2 aliphatic rings. The maximum atomic E-state index is 5.98. The summed E-state index contributed by atoms with van der Waals surface area (Å²) in [5, 5.41) is 3.41. The third-order valence-electron chi connectivity index (χ3n) is 4.28. The molecule has 1 spiro atoms. The smallest absolute Gasteiger partial charge is 0.0915 e. The van der Waals surface area contributed by atoms with Crippen molar-refractivity contribution in [2.24, 2.45) is 5.92 Å². The topological polar surface area (TPSA) is 47.0 Å². The molecule has 1 aliphatic carbocycles. The molecule has 1 saturated heterocycles. The minimum atomic E-state index is 0.210. The van der Waals surface area contributed by atoms with Crippen molar-refractivity contribution >= 4 is 11.7 Å². The van der Waals surface area contributed by atoms with Crippen LogP contribution in [0.25, 0.3) is 0 Å². The van der Waals surface area contributed by atoms with E-state index in [0.717, 1.165) is 18.7 Å². The number of aromatic nitrogens is 2. The fraction of sp³-hybridized carbons (Fsp3) is 0.833. The molecule has 3 rings (SSSR count). The predicted molar refractivity (Wildman–Crippen MR) is 67.0 cm³/mol. The molecule has 0 radical (unpaired) electrons. The number of ether oxygens (including phenoxy) is 1. The van der Waals surface area contributed by atoms with Gasteiger partial charge in [0.05, 0.1) is 35.3 Å². The molecular formula is C12H19N3OS. The summed E-state index contributed by atoms with van der Waals surface area (Å²) in [5.41, 5.74) is 1.31. The van der Waals surface area contributed by atoms with Gasteiger partial charge in [0.2, 0.25) is 0 Å². The highest BCUT2D eigenvalue weighted by atomic mass is 32.1. The van der Waals surface area contributed by atoms with E-state index in [1.165, 1.54) is 37.4 Å². The first-order valence-electron chi connectivity index (χ1n) is 6.42. The normalized spacial score (nSPS) is 28.9. The van der Waals surface area contributed by atoms with Crippen molar-refractivity contribution in [3.8, 4) is 0 Å². The van der Waals surface area contributed by atoms with E-state index >= 15 is 0 Å². The minimum absolute atomic E-state index is 0.210. The molecule has 94 valence electrons. The number of nitrogens with one attached hydrogen (secondary N) is 1. The zero-order valence-electron chi connectivity index (χ0n) is 10.2. The molecule has 4 nitrogen and oxygen atoms in total. The molecule has 1 aromatic rings. The van der Waals surface area contributed by atoms with Crippen LogP contribution in [0.1, 0.15) is 43.8 Å². The Hall–Kier alpha value is -0.520. The summed E-state index contributed by atoms with van der Waals surface area (Å²) in [6.07, 6.45) is 8.02. The molecule has 1 aromatic heterocycles. The van der Waals surface area contributed by atoms with E-state index in [4.69, 9.17) is 4.74 Å². The Labute approximate surface area is 106 Å². The fourth-order valence-corrected chi connectivity index (χ4v) is 3.66. The van der Waals surface area contributed by atoms with Crippen LogP contribution in [0.3, 0.4) is 0 Å². The van der Waals surface area contributed by atoms with Gasteiger partial charge in [-0.2, -0.15) is 8.75 Å². The number of hydrogen-bond acceptors (Lipinski definition) is 5. The molecule has 0 amide bonds. The summed E-state index contributed by atoms with van der Waals surface area (Å²) in [6.45, 7) is 0.903. The number of rotatable bonds is 3. The third kappa shape index (κ3) is 2.11. The molecule has 2 fully saturated rings. The maximum absolute atomic E-state index is 5.98. The highest BCUT2D eigenvalue weighted by Gasteiger charge is 2.44. The van der Waals surface area contributed by atoms with Crippen LogP contribution in [0, 0.1) is 5.92 Å². The van der Waals surface area contributed by atoms with E-state index in [0.29, 0.717) is 12.0 Å². The van der Waals surface area contributed by atoms with E-state index in [9.17, 15) is 0 Å². The van der Waals surface area contributed by atoms with Gasteiger partial charge in [0.15, 0.2) is 0 Å². The van der Waals surface area contributed by atoms with Crippen molar-refractivity contribution in [3.05, 3.63) is 11.9 Å². The second-order valence-corrected chi connectivity index (χ2v) is 5.79. The maximum Gasteiger partial charge on any atom is 0.0915 e. The van der Waals surface area contributed by atoms with Gasteiger partial charge in [0, 0.05) is 6.61 Å². The summed E-state index contributed by atoms with van der Waals surface area (Å²) in [4.78, 5) is 0. The summed E-state index contributed by atoms with van der Waals surface area (Å²) < 4.78 is 14.5. The van der Waals surface area contributed by atoms with Crippen LogP contribution in [0.4, 0.5) is 0 Å². The monoisotopic (exact) mass is 253 g/mol. The van der Waals surface area contributed by atoms with Crippen LogP contribution in [-0.4, -0.2) is 28.0 Å². The van der Waals surface area contributed by atoms with Gasteiger partial charge < -0.3 is 10.1 Å². The SMILES string of the molecule is CNC(c1cnsn1)C1CCOC2(CCC2)C1. The van der Waals surface area contributed by atoms with E-state index in [1.54, 1.807) is 0 Å². The van der Waals surface area contributed by atoms with Gasteiger partial charge in [-0.05, 0) is 45.1 Å². The van der Waals surface area contributed by atoms with Crippen LogP contribution in [-0.2, 0) is 4.74 Å². The summed E-state index contributed by atoms with van der Waals surface area (Å²) in [6, 6.07) is 0.343. The van der Waals surface area contributed by atoms with Crippen LogP contribution in [0.2, 0.25) is 0 Å². The van der Waals surface area contributed by atoms with E-state index in [2.05, 4.69) is 14.1 Å². The van der Waals surface area contributed by atoms with Crippen LogP contribution in [0.5, 0.6) is 0 Å².